The summed E-state index contributed by atoms with van der Waals surface area (Å²) in [6.07, 6.45) is 1.35. The summed E-state index contributed by atoms with van der Waals surface area (Å²) in [6, 6.07) is 7.49. The number of nitrogens with zero attached hydrogens (tertiary/aromatic N) is 1. The maximum atomic E-state index is 12.3. The highest BCUT2D eigenvalue weighted by Crippen LogP contribution is 2.34. The summed E-state index contributed by atoms with van der Waals surface area (Å²) in [5.41, 5.74) is 2.67. The molecular formula is C12H12N4O4S. The third kappa shape index (κ3) is 2.69. The van der Waals surface area contributed by atoms with E-state index in [4.69, 9.17) is 15.3 Å². The number of nitrogens with one attached hydrogen (secondary N) is 2. The maximum absolute atomic E-state index is 12.3. The van der Waals surface area contributed by atoms with Crippen LogP contribution < -0.4 is 25.5 Å². The number of aromatic nitrogens is 1. The van der Waals surface area contributed by atoms with Crippen molar-refractivity contribution in [2.45, 2.75) is 4.90 Å². The second-order valence-electron chi connectivity index (χ2n) is 4.19. The number of anilines is 2. The Kier molecular flexibility index (Phi) is 3.28. The minimum absolute atomic E-state index is 0.0446. The summed E-state index contributed by atoms with van der Waals surface area (Å²) < 4.78 is 37.4. The number of nitrogen functional groups attached to an aromatic ring is 1. The van der Waals surface area contributed by atoms with Gasteiger partial charge in [-0.25, -0.2) is 19.2 Å². The Labute approximate surface area is 120 Å². The molecule has 0 saturated carbocycles. The molecule has 1 aliphatic heterocycles. The minimum atomic E-state index is -3.75. The second kappa shape index (κ2) is 5.11. The van der Waals surface area contributed by atoms with Crippen LogP contribution in [0.3, 0.4) is 0 Å². The number of benzene rings is 1. The van der Waals surface area contributed by atoms with Crippen LogP contribution in [0.25, 0.3) is 0 Å². The van der Waals surface area contributed by atoms with Crippen molar-refractivity contribution in [1.82, 2.24) is 4.98 Å². The standard InChI is InChI=1S/C12H12N4O4S/c13-15-12-6-9(3-4-14-12)21(17,18)16-8-1-2-10-11(5-8)20-7-19-10/h1-6,16H,7,13H2,(H,14,15). The lowest BCUT2D eigenvalue weighted by atomic mass is 10.3. The molecule has 0 atom stereocenters. The fraction of sp³-hybridized carbons (Fsp3) is 0.0833. The van der Waals surface area contributed by atoms with Gasteiger partial charge in [0.15, 0.2) is 11.5 Å². The van der Waals surface area contributed by atoms with Crippen molar-refractivity contribution in [3.05, 3.63) is 36.5 Å². The first kappa shape index (κ1) is 13.5. The van der Waals surface area contributed by atoms with E-state index in [2.05, 4.69) is 15.1 Å². The molecule has 0 fully saturated rings. The van der Waals surface area contributed by atoms with E-state index in [1.807, 2.05) is 0 Å². The molecule has 4 N–H and O–H groups in total. The van der Waals surface area contributed by atoms with Crippen molar-refractivity contribution in [2.24, 2.45) is 5.84 Å². The van der Waals surface area contributed by atoms with Crippen LogP contribution in [0.4, 0.5) is 11.5 Å². The average Bonchev–Trinajstić information content (AvgIpc) is 2.94. The van der Waals surface area contributed by atoms with Crippen LogP contribution in [0.1, 0.15) is 0 Å². The van der Waals surface area contributed by atoms with Crippen molar-refractivity contribution in [1.29, 1.82) is 0 Å². The first-order valence-corrected chi connectivity index (χ1v) is 7.42. The van der Waals surface area contributed by atoms with Gasteiger partial charge in [-0.15, -0.1) is 0 Å². The molecule has 0 bridgehead atoms. The van der Waals surface area contributed by atoms with E-state index in [1.165, 1.54) is 18.3 Å². The third-order valence-electron chi connectivity index (χ3n) is 2.81. The van der Waals surface area contributed by atoms with E-state index in [0.717, 1.165) is 0 Å². The number of rotatable bonds is 4. The summed E-state index contributed by atoms with van der Waals surface area (Å²) in [5, 5.41) is 0. The molecular weight excluding hydrogens is 296 g/mol. The van der Waals surface area contributed by atoms with E-state index < -0.39 is 10.0 Å². The normalized spacial score (nSPS) is 13.0. The molecule has 1 aromatic heterocycles. The van der Waals surface area contributed by atoms with Gasteiger partial charge in [-0.05, 0) is 18.2 Å². The zero-order valence-corrected chi connectivity index (χ0v) is 11.6. The smallest absolute Gasteiger partial charge is 0.262 e. The molecule has 0 radical (unpaired) electrons. The van der Waals surface area contributed by atoms with Gasteiger partial charge in [0.25, 0.3) is 10.0 Å². The monoisotopic (exact) mass is 308 g/mol. The zero-order valence-electron chi connectivity index (χ0n) is 10.7. The molecule has 1 aromatic carbocycles. The zero-order chi connectivity index (χ0) is 14.9. The van der Waals surface area contributed by atoms with Crippen LogP contribution in [0.5, 0.6) is 11.5 Å². The molecule has 2 heterocycles. The predicted octanol–water partition coefficient (Wildman–Crippen LogP) is 0.897. The molecule has 3 rings (SSSR count). The van der Waals surface area contributed by atoms with Crippen LogP contribution in [0.2, 0.25) is 0 Å². The molecule has 110 valence electrons. The maximum Gasteiger partial charge on any atom is 0.262 e. The largest absolute Gasteiger partial charge is 0.454 e. The Morgan fingerprint density at radius 2 is 1.95 bits per heavy atom. The van der Waals surface area contributed by atoms with Crippen molar-refractivity contribution in [3.8, 4) is 11.5 Å². The Bertz CT molecular complexity index is 779. The molecule has 1 aliphatic rings. The number of hydrazine groups is 1. The van der Waals surface area contributed by atoms with E-state index in [1.54, 1.807) is 18.2 Å². The Balaban J connectivity index is 1.89. The highest BCUT2D eigenvalue weighted by atomic mass is 32.2. The summed E-state index contributed by atoms with van der Waals surface area (Å²) in [4.78, 5) is 3.91. The van der Waals surface area contributed by atoms with Gasteiger partial charge >= 0.3 is 0 Å². The summed E-state index contributed by atoms with van der Waals surface area (Å²) in [6.45, 7) is 0.126. The van der Waals surface area contributed by atoms with Crippen molar-refractivity contribution < 1.29 is 17.9 Å². The SMILES string of the molecule is NNc1cc(S(=O)(=O)Nc2ccc3c(c2)OCO3)ccn1. The van der Waals surface area contributed by atoms with Crippen molar-refractivity contribution in [3.63, 3.8) is 0 Å². The molecule has 0 saturated heterocycles. The molecule has 0 spiro atoms. The Morgan fingerprint density at radius 3 is 2.76 bits per heavy atom. The number of sulfonamides is 1. The highest BCUT2D eigenvalue weighted by Gasteiger charge is 2.18. The Morgan fingerprint density at radius 1 is 1.14 bits per heavy atom. The predicted molar refractivity (Wildman–Crippen MR) is 75.4 cm³/mol. The van der Waals surface area contributed by atoms with Gasteiger partial charge in [-0.2, -0.15) is 0 Å². The van der Waals surface area contributed by atoms with E-state index >= 15 is 0 Å². The van der Waals surface area contributed by atoms with Crippen molar-refractivity contribution >= 4 is 21.5 Å². The molecule has 8 nitrogen and oxygen atoms in total. The van der Waals surface area contributed by atoms with Gasteiger partial charge in [-0.3, -0.25) is 4.72 Å². The van der Waals surface area contributed by atoms with Gasteiger partial charge in [-0.1, -0.05) is 0 Å². The highest BCUT2D eigenvalue weighted by molar-refractivity contribution is 7.92. The molecule has 21 heavy (non-hydrogen) atoms. The lowest BCUT2D eigenvalue weighted by Crippen LogP contribution is -2.14. The van der Waals surface area contributed by atoms with Gasteiger partial charge in [0.05, 0.1) is 10.6 Å². The van der Waals surface area contributed by atoms with E-state index in [0.29, 0.717) is 17.2 Å². The molecule has 0 unspecified atom stereocenters. The number of ether oxygens (including phenoxy) is 2. The van der Waals surface area contributed by atoms with Crippen LogP contribution in [-0.2, 0) is 10.0 Å². The summed E-state index contributed by atoms with van der Waals surface area (Å²) in [7, 11) is -3.75. The van der Waals surface area contributed by atoms with E-state index in [-0.39, 0.29) is 17.5 Å². The lowest BCUT2D eigenvalue weighted by molar-refractivity contribution is 0.174. The summed E-state index contributed by atoms with van der Waals surface area (Å²) in [5.74, 6) is 6.55. The second-order valence-corrected chi connectivity index (χ2v) is 5.88. The average molecular weight is 308 g/mol. The van der Waals surface area contributed by atoms with Gasteiger partial charge < -0.3 is 14.9 Å². The molecule has 0 aliphatic carbocycles. The van der Waals surface area contributed by atoms with Crippen molar-refractivity contribution in [2.75, 3.05) is 16.9 Å². The fourth-order valence-electron chi connectivity index (χ4n) is 1.83. The summed E-state index contributed by atoms with van der Waals surface area (Å²) >= 11 is 0. The van der Waals surface area contributed by atoms with Gasteiger partial charge in [0.1, 0.15) is 5.82 Å². The van der Waals surface area contributed by atoms with Crippen LogP contribution in [0.15, 0.2) is 41.4 Å². The first-order chi connectivity index (χ1) is 10.1. The van der Waals surface area contributed by atoms with Gasteiger partial charge in [0, 0.05) is 18.3 Å². The Hall–Kier alpha value is -2.52. The van der Waals surface area contributed by atoms with Crippen LogP contribution >= 0.6 is 0 Å². The lowest BCUT2D eigenvalue weighted by Gasteiger charge is -2.09. The number of hydrogen-bond donors (Lipinski definition) is 3. The number of hydrogen-bond acceptors (Lipinski definition) is 7. The number of nitrogens with two attached hydrogens (primary N) is 1. The minimum Gasteiger partial charge on any atom is -0.454 e. The molecule has 9 heteroatoms. The topological polar surface area (TPSA) is 116 Å². The number of pyridine rings is 1. The first-order valence-electron chi connectivity index (χ1n) is 5.94. The van der Waals surface area contributed by atoms with Crippen LogP contribution in [0, 0.1) is 0 Å². The van der Waals surface area contributed by atoms with Crippen LogP contribution in [-0.4, -0.2) is 20.2 Å². The fourth-order valence-corrected chi connectivity index (χ4v) is 2.89. The molecule has 2 aromatic rings. The number of fused-ring (bicyclic) bond motifs is 1. The third-order valence-corrected chi connectivity index (χ3v) is 4.19. The van der Waals surface area contributed by atoms with E-state index in [9.17, 15) is 8.42 Å². The quantitative estimate of drug-likeness (QED) is 0.567. The van der Waals surface area contributed by atoms with Gasteiger partial charge in [0.2, 0.25) is 6.79 Å². The molecule has 0 amide bonds.